The minimum Gasteiger partial charge on any atom is -0.375 e. The summed E-state index contributed by atoms with van der Waals surface area (Å²) in [4.78, 5) is 17.7. The van der Waals surface area contributed by atoms with Gasteiger partial charge >= 0.3 is 0 Å². The molecule has 0 unspecified atom stereocenters. The molecule has 0 aliphatic heterocycles. The molecule has 4 nitrogen and oxygen atoms in total. The molecule has 110 valence electrons. The van der Waals surface area contributed by atoms with Crippen molar-refractivity contribution >= 4 is 45.6 Å². The van der Waals surface area contributed by atoms with E-state index in [4.69, 9.17) is 28.9 Å². The van der Waals surface area contributed by atoms with E-state index in [2.05, 4.69) is 10.3 Å². The fourth-order valence-corrected chi connectivity index (χ4v) is 3.68. The Morgan fingerprint density at radius 3 is 2.95 bits per heavy atom. The van der Waals surface area contributed by atoms with Gasteiger partial charge in [-0.3, -0.25) is 4.79 Å². The Morgan fingerprint density at radius 2 is 2.19 bits per heavy atom. The van der Waals surface area contributed by atoms with E-state index in [0.29, 0.717) is 20.7 Å². The highest BCUT2D eigenvalue weighted by Crippen LogP contribution is 2.28. The summed E-state index contributed by atoms with van der Waals surface area (Å²) in [5, 5.41) is 4.44. The Kier molecular flexibility index (Phi) is 4.06. The van der Waals surface area contributed by atoms with Gasteiger partial charge in [-0.2, -0.15) is 0 Å². The Labute approximate surface area is 136 Å². The smallest absolute Gasteiger partial charge is 0.251 e. The number of hydrogen-bond acceptors (Lipinski definition) is 4. The molecule has 3 N–H and O–H groups in total. The molecule has 0 fully saturated rings. The maximum absolute atomic E-state index is 12.2. The summed E-state index contributed by atoms with van der Waals surface area (Å²) in [7, 11) is 0. The molecule has 1 aliphatic carbocycles. The van der Waals surface area contributed by atoms with Crippen LogP contribution in [0.5, 0.6) is 0 Å². The quantitative estimate of drug-likeness (QED) is 0.880. The Hall–Kier alpha value is -1.30. The SMILES string of the molecule is Nc1nc2c(s1)C[C@@H](NC(=O)c1ccc(Cl)c(Cl)c1)CC2. The van der Waals surface area contributed by atoms with E-state index < -0.39 is 0 Å². The lowest BCUT2D eigenvalue weighted by molar-refractivity contribution is 0.0934. The number of nitrogens with two attached hydrogens (primary N) is 1. The van der Waals surface area contributed by atoms with E-state index in [9.17, 15) is 4.79 Å². The molecule has 3 rings (SSSR count). The van der Waals surface area contributed by atoms with Gasteiger partial charge in [-0.05, 0) is 31.0 Å². The van der Waals surface area contributed by atoms with E-state index in [-0.39, 0.29) is 11.9 Å². The van der Waals surface area contributed by atoms with Gasteiger partial charge in [-0.25, -0.2) is 4.98 Å². The molecular formula is C14H13Cl2N3OS. The van der Waals surface area contributed by atoms with E-state index in [1.54, 1.807) is 18.2 Å². The molecule has 0 bridgehead atoms. The summed E-state index contributed by atoms with van der Waals surface area (Å²) < 4.78 is 0. The molecule has 7 heteroatoms. The van der Waals surface area contributed by atoms with Crippen LogP contribution in [0.2, 0.25) is 10.0 Å². The largest absolute Gasteiger partial charge is 0.375 e. The monoisotopic (exact) mass is 341 g/mol. The second-order valence-corrected chi connectivity index (χ2v) is 6.89. The van der Waals surface area contributed by atoms with Crippen LogP contribution >= 0.6 is 34.5 Å². The summed E-state index contributed by atoms with van der Waals surface area (Å²) in [5.74, 6) is -0.139. The molecule has 1 aliphatic rings. The first kappa shape index (κ1) is 14.6. The topological polar surface area (TPSA) is 68.0 Å². The van der Waals surface area contributed by atoms with Crippen molar-refractivity contribution < 1.29 is 4.79 Å². The number of anilines is 1. The second-order valence-electron chi connectivity index (χ2n) is 4.96. The van der Waals surface area contributed by atoms with Gasteiger partial charge in [0.05, 0.1) is 15.7 Å². The molecular weight excluding hydrogens is 329 g/mol. The fraction of sp³-hybridized carbons (Fsp3) is 0.286. The first-order valence-corrected chi connectivity index (χ1v) is 8.10. The first-order valence-electron chi connectivity index (χ1n) is 6.53. The predicted octanol–water partition coefficient (Wildman–Crippen LogP) is 3.32. The van der Waals surface area contributed by atoms with Crippen LogP contribution in [0, 0.1) is 0 Å². The molecule has 0 saturated carbocycles. The van der Waals surface area contributed by atoms with Crippen molar-refractivity contribution in [3.8, 4) is 0 Å². The van der Waals surface area contributed by atoms with Crippen molar-refractivity contribution in [1.82, 2.24) is 10.3 Å². The highest BCUT2D eigenvalue weighted by molar-refractivity contribution is 7.15. The number of benzene rings is 1. The standard InChI is InChI=1S/C14H13Cl2N3OS/c15-9-3-1-7(5-10(9)16)13(20)18-8-2-4-11-12(6-8)21-14(17)19-11/h1,3,5,8H,2,4,6H2,(H2,17,19)(H,18,20)/t8-/m0/s1. The third kappa shape index (κ3) is 3.15. The van der Waals surface area contributed by atoms with Gasteiger partial charge in [0.2, 0.25) is 0 Å². The van der Waals surface area contributed by atoms with E-state index in [0.717, 1.165) is 29.8 Å². The van der Waals surface area contributed by atoms with Crippen LogP contribution in [-0.4, -0.2) is 16.9 Å². The van der Waals surface area contributed by atoms with Crippen molar-refractivity contribution in [1.29, 1.82) is 0 Å². The third-order valence-electron chi connectivity index (χ3n) is 3.47. The average Bonchev–Trinajstić information content (AvgIpc) is 2.81. The highest BCUT2D eigenvalue weighted by Gasteiger charge is 2.23. The van der Waals surface area contributed by atoms with Crippen LogP contribution in [-0.2, 0) is 12.8 Å². The number of aromatic nitrogens is 1. The molecule has 0 spiro atoms. The van der Waals surface area contributed by atoms with Crippen molar-refractivity contribution in [3.63, 3.8) is 0 Å². The maximum atomic E-state index is 12.2. The van der Waals surface area contributed by atoms with Gasteiger partial charge in [0.1, 0.15) is 0 Å². The molecule has 1 heterocycles. The number of aryl methyl sites for hydroxylation is 1. The molecule has 1 aromatic heterocycles. The van der Waals surface area contributed by atoms with Crippen molar-refractivity contribution in [2.45, 2.75) is 25.3 Å². The third-order valence-corrected chi connectivity index (χ3v) is 5.16. The summed E-state index contributed by atoms with van der Waals surface area (Å²) >= 11 is 13.3. The van der Waals surface area contributed by atoms with E-state index in [1.807, 2.05) is 0 Å². The number of halogens is 2. The molecule has 1 aromatic carbocycles. The average molecular weight is 342 g/mol. The lowest BCUT2D eigenvalue weighted by Crippen LogP contribution is -2.38. The number of hydrogen-bond donors (Lipinski definition) is 2. The van der Waals surface area contributed by atoms with E-state index >= 15 is 0 Å². The zero-order chi connectivity index (χ0) is 15.0. The van der Waals surface area contributed by atoms with Crippen LogP contribution < -0.4 is 11.1 Å². The van der Waals surface area contributed by atoms with Gasteiger partial charge in [-0.15, -0.1) is 11.3 Å². The van der Waals surface area contributed by atoms with Gasteiger partial charge in [-0.1, -0.05) is 23.2 Å². The van der Waals surface area contributed by atoms with Gasteiger partial charge in [0.15, 0.2) is 5.13 Å². The zero-order valence-corrected chi connectivity index (χ0v) is 13.4. The van der Waals surface area contributed by atoms with Gasteiger partial charge in [0.25, 0.3) is 5.91 Å². The molecule has 1 amide bonds. The summed E-state index contributed by atoms with van der Waals surface area (Å²) in [6, 6.07) is 4.97. The molecule has 0 saturated heterocycles. The maximum Gasteiger partial charge on any atom is 0.251 e. The van der Waals surface area contributed by atoms with Crippen molar-refractivity contribution in [2.75, 3.05) is 5.73 Å². The number of nitrogens with one attached hydrogen (secondary N) is 1. The van der Waals surface area contributed by atoms with Gasteiger partial charge < -0.3 is 11.1 Å². The van der Waals surface area contributed by atoms with Crippen LogP contribution in [0.15, 0.2) is 18.2 Å². The number of amides is 1. The number of thiazole rings is 1. The molecule has 2 aromatic rings. The van der Waals surface area contributed by atoms with Crippen LogP contribution in [0.4, 0.5) is 5.13 Å². The van der Waals surface area contributed by atoms with E-state index in [1.165, 1.54) is 11.3 Å². The predicted molar refractivity (Wildman–Crippen MR) is 86.3 cm³/mol. The summed E-state index contributed by atoms with van der Waals surface area (Å²) in [5.41, 5.74) is 7.30. The number of fused-ring (bicyclic) bond motifs is 1. The molecule has 0 radical (unpaired) electrons. The van der Waals surface area contributed by atoms with Crippen LogP contribution in [0.25, 0.3) is 0 Å². The minimum absolute atomic E-state index is 0.0966. The number of rotatable bonds is 2. The first-order chi connectivity index (χ1) is 10.0. The van der Waals surface area contributed by atoms with Crippen LogP contribution in [0.3, 0.4) is 0 Å². The van der Waals surface area contributed by atoms with Crippen LogP contribution in [0.1, 0.15) is 27.3 Å². The van der Waals surface area contributed by atoms with Crippen molar-refractivity contribution in [3.05, 3.63) is 44.4 Å². The highest BCUT2D eigenvalue weighted by atomic mass is 35.5. The number of nitrogen functional groups attached to an aromatic ring is 1. The number of nitrogens with zero attached hydrogens (tertiary/aromatic N) is 1. The lowest BCUT2D eigenvalue weighted by Gasteiger charge is -2.22. The number of carbonyl (C=O) groups is 1. The fourth-order valence-electron chi connectivity index (χ4n) is 2.42. The Balaban J connectivity index is 1.69. The normalized spacial score (nSPS) is 17.3. The minimum atomic E-state index is -0.139. The summed E-state index contributed by atoms with van der Waals surface area (Å²) in [6.45, 7) is 0. The Bertz CT molecular complexity index is 702. The molecule has 21 heavy (non-hydrogen) atoms. The molecule has 1 atom stereocenters. The number of carbonyl (C=O) groups excluding carboxylic acids is 1. The lowest BCUT2D eigenvalue weighted by atomic mass is 9.97. The zero-order valence-electron chi connectivity index (χ0n) is 11.0. The Morgan fingerprint density at radius 1 is 1.38 bits per heavy atom. The summed E-state index contributed by atoms with van der Waals surface area (Å²) in [6.07, 6.45) is 2.48. The van der Waals surface area contributed by atoms with Gasteiger partial charge in [0, 0.05) is 22.9 Å². The van der Waals surface area contributed by atoms with Crippen molar-refractivity contribution in [2.24, 2.45) is 0 Å². The second kappa shape index (κ2) is 5.83.